The Bertz CT molecular complexity index is 1670. The third kappa shape index (κ3) is 5.15. The molecule has 1 aromatic heterocycles. The van der Waals surface area contributed by atoms with E-state index < -0.39 is 66.1 Å². The molecule has 2 aliphatic heterocycles. The van der Waals surface area contributed by atoms with Gasteiger partial charge in [-0.1, -0.05) is 59.3 Å². The van der Waals surface area contributed by atoms with E-state index in [4.69, 9.17) is 21.1 Å². The Kier molecular flexibility index (Phi) is 8.18. The maximum atomic E-state index is 13.9. The Balaban J connectivity index is 1.30. The molecule has 0 saturated carbocycles. The monoisotopic (exact) mass is 630 g/mol. The maximum absolute atomic E-state index is 13.9. The van der Waals surface area contributed by atoms with Gasteiger partial charge in [-0.15, -0.1) is 5.10 Å². The first kappa shape index (κ1) is 30.2. The van der Waals surface area contributed by atoms with Crippen LogP contribution in [-0.4, -0.2) is 79.6 Å². The highest BCUT2D eigenvalue weighted by Gasteiger charge is 2.62. The summed E-state index contributed by atoms with van der Waals surface area (Å²) in [6.45, 7) is -0.658. The molecule has 2 fully saturated rings. The van der Waals surface area contributed by atoms with E-state index >= 15 is 0 Å². The van der Waals surface area contributed by atoms with E-state index in [1.54, 1.807) is 18.2 Å². The number of carbonyl (C=O) groups is 1. The highest BCUT2D eigenvalue weighted by Crippen LogP contribution is 2.43. The van der Waals surface area contributed by atoms with Crippen molar-refractivity contribution in [2.45, 2.75) is 42.6 Å². The lowest BCUT2D eigenvalue weighted by Crippen LogP contribution is -2.69. The molecule has 44 heavy (non-hydrogen) atoms. The van der Waals surface area contributed by atoms with Crippen LogP contribution >= 0.6 is 11.6 Å². The van der Waals surface area contributed by atoms with Gasteiger partial charge in [0.2, 0.25) is 5.79 Å². The standard InChI is InChI=1S/C30H26ClF3N4O6/c31-24-17(15-5-2-1-3-6-15)7-4-8-18(24)29(42)35-23-9-10-43-30(23)28(41)26(27(40)22(14-39)44-30)38-13-21(36-37-38)16-11-19(32)25(34)20(33)12-16/h1-8,11-13,22-23,26-28,39-41H,9-10,14H2,(H,35,42)/t22-,23-,26+,27+,28-,30+/m1/s1. The molecule has 0 radical (unpaired) electrons. The molecule has 14 heteroatoms. The predicted molar refractivity (Wildman–Crippen MR) is 150 cm³/mol. The van der Waals surface area contributed by atoms with Crippen molar-refractivity contribution in [3.05, 3.63) is 94.9 Å². The molecular formula is C30H26ClF3N4O6. The average molecular weight is 631 g/mol. The van der Waals surface area contributed by atoms with Crippen molar-refractivity contribution in [1.82, 2.24) is 20.3 Å². The topological polar surface area (TPSA) is 139 Å². The molecule has 1 amide bonds. The zero-order valence-corrected chi connectivity index (χ0v) is 23.5. The first-order valence-corrected chi connectivity index (χ1v) is 14.0. The van der Waals surface area contributed by atoms with Gasteiger partial charge in [-0.05, 0) is 30.2 Å². The number of aliphatic hydroxyl groups is 3. The van der Waals surface area contributed by atoms with E-state index in [1.165, 1.54) is 6.20 Å². The van der Waals surface area contributed by atoms with Gasteiger partial charge in [-0.25, -0.2) is 17.9 Å². The lowest BCUT2D eigenvalue weighted by molar-refractivity contribution is -0.344. The SMILES string of the molecule is O=C(N[C@@H]1CCO[C@]12O[C@H](CO)[C@H](O)[C@H](n1cc(-c3cc(F)c(F)c(F)c3)nn1)[C@H]2O)c1cccc(-c2ccccc2)c1Cl. The zero-order valence-electron chi connectivity index (χ0n) is 22.8. The summed E-state index contributed by atoms with van der Waals surface area (Å²) in [7, 11) is 0. The summed E-state index contributed by atoms with van der Waals surface area (Å²) in [5, 5.41) is 43.6. The predicted octanol–water partition coefficient (Wildman–Crippen LogP) is 3.25. The smallest absolute Gasteiger partial charge is 0.253 e. The summed E-state index contributed by atoms with van der Waals surface area (Å²) in [5.74, 6) is -7.05. The molecule has 0 bridgehead atoms. The Labute approximate surface area is 253 Å². The molecular weight excluding hydrogens is 605 g/mol. The number of rotatable bonds is 6. The normalized spacial score (nSPS) is 26.7. The van der Waals surface area contributed by atoms with Crippen molar-refractivity contribution in [2.75, 3.05) is 13.2 Å². The molecule has 2 saturated heterocycles. The summed E-state index contributed by atoms with van der Waals surface area (Å²) in [6, 6.07) is 13.4. The highest BCUT2D eigenvalue weighted by atomic mass is 35.5. The van der Waals surface area contributed by atoms with Crippen LogP contribution < -0.4 is 5.32 Å². The van der Waals surface area contributed by atoms with Crippen LogP contribution in [0.5, 0.6) is 0 Å². The quantitative estimate of drug-likeness (QED) is 0.238. The van der Waals surface area contributed by atoms with E-state index in [9.17, 15) is 33.3 Å². The fourth-order valence-electron chi connectivity index (χ4n) is 5.73. The highest BCUT2D eigenvalue weighted by molar-refractivity contribution is 6.36. The minimum atomic E-state index is -1.95. The Hall–Kier alpha value is -3.85. The number of nitrogens with one attached hydrogen (secondary N) is 1. The molecule has 3 aromatic carbocycles. The second-order valence-electron chi connectivity index (χ2n) is 10.5. The first-order valence-electron chi connectivity index (χ1n) is 13.6. The van der Waals surface area contributed by atoms with Gasteiger partial charge in [-0.2, -0.15) is 0 Å². The number of hydrogen-bond acceptors (Lipinski definition) is 8. The van der Waals surface area contributed by atoms with Crippen molar-refractivity contribution in [1.29, 1.82) is 0 Å². The van der Waals surface area contributed by atoms with Crippen LogP contribution in [0.2, 0.25) is 5.02 Å². The van der Waals surface area contributed by atoms with Crippen LogP contribution in [0.3, 0.4) is 0 Å². The van der Waals surface area contributed by atoms with Crippen LogP contribution in [0.15, 0.2) is 66.9 Å². The second kappa shape index (κ2) is 11.9. The first-order chi connectivity index (χ1) is 21.1. The number of halogens is 4. The van der Waals surface area contributed by atoms with E-state index in [0.717, 1.165) is 22.4 Å². The van der Waals surface area contributed by atoms with Gasteiger partial charge in [0.15, 0.2) is 17.5 Å². The third-order valence-corrected chi connectivity index (χ3v) is 8.34. The van der Waals surface area contributed by atoms with Crippen molar-refractivity contribution >= 4 is 17.5 Å². The molecule has 2 aliphatic rings. The Morgan fingerprint density at radius 2 is 1.80 bits per heavy atom. The van der Waals surface area contributed by atoms with Gasteiger partial charge in [-0.3, -0.25) is 4.79 Å². The third-order valence-electron chi connectivity index (χ3n) is 7.93. The average Bonchev–Trinajstić information content (AvgIpc) is 3.66. The van der Waals surface area contributed by atoms with Crippen molar-refractivity contribution in [2.24, 2.45) is 0 Å². The zero-order chi connectivity index (χ0) is 31.2. The Morgan fingerprint density at radius 1 is 1.07 bits per heavy atom. The van der Waals surface area contributed by atoms with E-state index in [-0.39, 0.29) is 34.9 Å². The minimum Gasteiger partial charge on any atom is -0.394 e. The lowest BCUT2D eigenvalue weighted by Gasteiger charge is -2.49. The van der Waals surface area contributed by atoms with Gasteiger partial charge < -0.3 is 30.1 Å². The Morgan fingerprint density at radius 3 is 2.50 bits per heavy atom. The van der Waals surface area contributed by atoms with Crippen LogP contribution in [0.1, 0.15) is 22.8 Å². The number of carbonyl (C=O) groups excluding carboxylic acids is 1. The van der Waals surface area contributed by atoms with Gasteiger partial charge in [0.1, 0.15) is 30.0 Å². The number of hydrogen-bond donors (Lipinski definition) is 4. The van der Waals surface area contributed by atoms with Gasteiger partial charge in [0.25, 0.3) is 5.91 Å². The van der Waals surface area contributed by atoms with Crippen LogP contribution in [0.4, 0.5) is 13.2 Å². The molecule has 4 N–H and O–H groups in total. The molecule has 0 aliphatic carbocycles. The van der Waals surface area contributed by atoms with Gasteiger partial charge >= 0.3 is 0 Å². The fourth-order valence-corrected chi connectivity index (χ4v) is 6.05. The molecule has 10 nitrogen and oxygen atoms in total. The summed E-state index contributed by atoms with van der Waals surface area (Å²) < 4.78 is 54.1. The molecule has 6 rings (SSSR count). The molecule has 0 unspecified atom stereocenters. The number of aliphatic hydroxyl groups excluding tert-OH is 3. The summed E-state index contributed by atoms with van der Waals surface area (Å²) in [4.78, 5) is 13.5. The molecule has 3 heterocycles. The minimum absolute atomic E-state index is 0.0392. The number of benzene rings is 3. The molecule has 6 atom stereocenters. The van der Waals surface area contributed by atoms with Crippen LogP contribution in [-0.2, 0) is 9.47 Å². The fraction of sp³-hybridized carbons (Fsp3) is 0.300. The number of aromatic nitrogens is 3. The van der Waals surface area contributed by atoms with Crippen molar-refractivity contribution in [3.63, 3.8) is 0 Å². The molecule has 230 valence electrons. The van der Waals surface area contributed by atoms with Crippen LogP contribution in [0, 0.1) is 17.5 Å². The number of amides is 1. The van der Waals surface area contributed by atoms with Crippen molar-refractivity contribution in [3.8, 4) is 22.4 Å². The lowest BCUT2D eigenvalue weighted by atomic mass is 9.86. The summed E-state index contributed by atoms with van der Waals surface area (Å²) in [6.07, 6.45) is -3.19. The van der Waals surface area contributed by atoms with E-state index in [2.05, 4.69) is 15.6 Å². The van der Waals surface area contributed by atoms with E-state index in [1.807, 2.05) is 30.3 Å². The molecule has 1 spiro atoms. The van der Waals surface area contributed by atoms with Gasteiger partial charge in [0, 0.05) is 11.1 Å². The second-order valence-corrected chi connectivity index (χ2v) is 10.9. The molecule has 4 aromatic rings. The summed E-state index contributed by atoms with van der Waals surface area (Å²) >= 11 is 6.65. The largest absolute Gasteiger partial charge is 0.394 e. The van der Waals surface area contributed by atoms with Gasteiger partial charge in [0.05, 0.1) is 36.0 Å². The summed E-state index contributed by atoms with van der Waals surface area (Å²) in [5.41, 5.74) is 1.37. The number of nitrogens with zero attached hydrogens (tertiary/aromatic N) is 3. The van der Waals surface area contributed by atoms with E-state index in [0.29, 0.717) is 5.56 Å². The van der Waals surface area contributed by atoms with Crippen molar-refractivity contribution < 1.29 is 42.8 Å². The van der Waals surface area contributed by atoms with Crippen LogP contribution in [0.25, 0.3) is 22.4 Å². The maximum Gasteiger partial charge on any atom is 0.253 e. The number of ether oxygens (including phenoxy) is 2.